The van der Waals surface area contributed by atoms with E-state index in [1.165, 1.54) is 19.1 Å². The van der Waals surface area contributed by atoms with Crippen LogP contribution in [0.5, 0.6) is 5.75 Å². The van der Waals surface area contributed by atoms with E-state index < -0.39 is 17.5 Å². The van der Waals surface area contributed by atoms with E-state index in [9.17, 15) is 19.5 Å². The Labute approximate surface area is 158 Å². The van der Waals surface area contributed by atoms with Crippen molar-refractivity contribution in [1.29, 1.82) is 0 Å². The average Bonchev–Trinajstić information content (AvgIpc) is 2.61. The van der Waals surface area contributed by atoms with Gasteiger partial charge in [-0.3, -0.25) is 9.59 Å². The van der Waals surface area contributed by atoms with E-state index in [2.05, 4.69) is 5.32 Å². The molecule has 0 saturated carbocycles. The lowest BCUT2D eigenvalue weighted by molar-refractivity contribution is -0.123. The molecular formula is C21H23NO5. The van der Waals surface area contributed by atoms with Crippen LogP contribution in [0.15, 0.2) is 48.5 Å². The summed E-state index contributed by atoms with van der Waals surface area (Å²) in [6.45, 7) is 6.89. The minimum atomic E-state index is -1.02. The van der Waals surface area contributed by atoms with Crippen LogP contribution in [0, 0.1) is 5.41 Å². The zero-order valence-corrected chi connectivity index (χ0v) is 15.8. The molecule has 0 bridgehead atoms. The smallest absolute Gasteiger partial charge is 0.342 e. The minimum Gasteiger partial charge on any atom is -0.507 e. The predicted molar refractivity (Wildman–Crippen MR) is 102 cm³/mol. The van der Waals surface area contributed by atoms with Gasteiger partial charge in [0.25, 0.3) is 0 Å². The molecular weight excluding hydrogens is 346 g/mol. The first-order valence-electron chi connectivity index (χ1n) is 8.54. The van der Waals surface area contributed by atoms with Crippen molar-refractivity contribution in [2.24, 2.45) is 5.41 Å². The Morgan fingerprint density at radius 3 is 2.15 bits per heavy atom. The van der Waals surface area contributed by atoms with Crippen LogP contribution in [0.1, 0.15) is 48.4 Å². The highest BCUT2D eigenvalue weighted by Gasteiger charge is 2.23. The third-order valence-electron chi connectivity index (χ3n) is 3.89. The standard InChI is InChI=1S/C21H23NO5/c1-13(27-19(25)16-7-5-6-8-17(16)23)18(24)14-9-11-15(12-10-14)22-20(26)21(2,3)4/h5-13,23H,1-4H3,(H,22,26). The summed E-state index contributed by atoms with van der Waals surface area (Å²) in [4.78, 5) is 36.5. The number of carbonyl (C=O) groups is 3. The molecule has 0 fully saturated rings. The van der Waals surface area contributed by atoms with Crippen molar-refractivity contribution in [2.45, 2.75) is 33.8 Å². The molecule has 27 heavy (non-hydrogen) atoms. The van der Waals surface area contributed by atoms with Gasteiger partial charge < -0.3 is 15.2 Å². The molecule has 1 atom stereocenters. The lowest BCUT2D eigenvalue weighted by Gasteiger charge is -2.18. The summed E-state index contributed by atoms with van der Waals surface area (Å²) in [7, 11) is 0. The normalized spacial score (nSPS) is 12.1. The number of ketones is 1. The van der Waals surface area contributed by atoms with Gasteiger partial charge in [0.15, 0.2) is 6.10 Å². The van der Waals surface area contributed by atoms with Crippen molar-refractivity contribution in [1.82, 2.24) is 0 Å². The number of benzene rings is 2. The zero-order valence-electron chi connectivity index (χ0n) is 15.8. The third-order valence-corrected chi connectivity index (χ3v) is 3.89. The fraction of sp³-hybridized carbons (Fsp3) is 0.286. The molecule has 2 rings (SSSR count). The topological polar surface area (TPSA) is 92.7 Å². The van der Waals surface area contributed by atoms with Gasteiger partial charge in [-0.25, -0.2) is 4.79 Å². The van der Waals surface area contributed by atoms with Crippen LogP contribution in [0.4, 0.5) is 5.69 Å². The van der Waals surface area contributed by atoms with Gasteiger partial charge >= 0.3 is 5.97 Å². The van der Waals surface area contributed by atoms with E-state index in [1.807, 2.05) is 0 Å². The Balaban J connectivity index is 2.03. The maximum Gasteiger partial charge on any atom is 0.342 e. The monoisotopic (exact) mass is 369 g/mol. The lowest BCUT2D eigenvalue weighted by Crippen LogP contribution is -2.27. The van der Waals surface area contributed by atoms with E-state index in [4.69, 9.17) is 4.74 Å². The van der Waals surface area contributed by atoms with Gasteiger partial charge in [0.1, 0.15) is 11.3 Å². The molecule has 0 aromatic heterocycles. The highest BCUT2D eigenvalue weighted by atomic mass is 16.5. The van der Waals surface area contributed by atoms with E-state index in [1.54, 1.807) is 57.2 Å². The maximum atomic E-state index is 12.5. The summed E-state index contributed by atoms with van der Waals surface area (Å²) < 4.78 is 5.15. The number of anilines is 1. The molecule has 142 valence electrons. The van der Waals surface area contributed by atoms with Crippen molar-refractivity contribution in [3.8, 4) is 5.75 Å². The van der Waals surface area contributed by atoms with Gasteiger partial charge in [-0.15, -0.1) is 0 Å². The highest BCUT2D eigenvalue weighted by molar-refractivity contribution is 6.02. The first kappa shape index (κ1) is 20.2. The van der Waals surface area contributed by atoms with Crippen LogP contribution in [0.3, 0.4) is 0 Å². The molecule has 0 aliphatic carbocycles. The van der Waals surface area contributed by atoms with E-state index in [0.29, 0.717) is 11.3 Å². The lowest BCUT2D eigenvalue weighted by atomic mass is 9.95. The van der Waals surface area contributed by atoms with E-state index in [-0.39, 0.29) is 23.0 Å². The van der Waals surface area contributed by atoms with E-state index >= 15 is 0 Å². The second-order valence-corrected chi connectivity index (χ2v) is 7.21. The number of esters is 1. The van der Waals surface area contributed by atoms with E-state index in [0.717, 1.165) is 0 Å². The number of ether oxygens (including phenoxy) is 1. The SMILES string of the molecule is CC(OC(=O)c1ccccc1O)C(=O)c1ccc(NC(=O)C(C)(C)C)cc1. The largest absolute Gasteiger partial charge is 0.507 e. The van der Waals surface area contributed by atoms with Crippen LogP contribution in [-0.2, 0) is 9.53 Å². The number of hydrogen-bond acceptors (Lipinski definition) is 5. The first-order chi connectivity index (χ1) is 12.6. The Hall–Kier alpha value is -3.15. The Bertz CT molecular complexity index is 850. The Kier molecular flexibility index (Phi) is 6.00. The number of aromatic hydroxyl groups is 1. The molecule has 2 N–H and O–H groups in total. The van der Waals surface area contributed by atoms with Crippen molar-refractivity contribution in [3.05, 3.63) is 59.7 Å². The summed E-state index contributed by atoms with van der Waals surface area (Å²) in [5.74, 6) is -1.50. The minimum absolute atomic E-state index is 0.00242. The summed E-state index contributed by atoms with van der Waals surface area (Å²) in [6, 6.07) is 12.3. The number of phenolic OH excluding ortho intramolecular Hbond substituents is 1. The van der Waals surface area contributed by atoms with Crippen molar-refractivity contribution < 1.29 is 24.2 Å². The summed E-state index contributed by atoms with van der Waals surface area (Å²) in [5.41, 5.74) is 0.393. The molecule has 6 nitrogen and oxygen atoms in total. The van der Waals surface area contributed by atoms with Gasteiger partial charge in [-0.1, -0.05) is 32.9 Å². The third kappa shape index (κ3) is 5.17. The van der Waals surface area contributed by atoms with Gasteiger partial charge in [0.05, 0.1) is 0 Å². The number of hydrogen-bond donors (Lipinski definition) is 2. The van der Waals surface area contributed by atoms with Crippen LogP contribution < -0.4 is 5.32 Å². The van der Waals surface area contributed by atoms with Crippen LogP contribution in [0.25, 0.3) is 0 Å². The Morgan fingerprint density at radius 2 is 1.59 bits per heavy atom. The van der Waals surface area contributed by atoms with Crippen LogP contribution >= 0.6 is 0 Å². The van der Waals surface area contributed by atoms with Gasteiger partial charge in [-0.2, -0.15) is 0 Å². The number of carbonyl (C=O) groups excluding carboxylic acids is 3. The Morgan fingerprint density at radius 1 is 1.00 bits per heavy atom. The molecule has 2 aromatic carbocycles. The number of rotatable bonds is 5. The number of amides is 1. The molecule has 0 aliphatic rings. The number of phenols is 1. The summed E-state index contributed by atoms with van der Waals surface area (Å²) >= 11 is 0. The maximum absolute atomic E-state index is 12.5. The van der Waals surface area contributed by atoms with Crippen LogP contribution in [-0.4, -0.2) is 28.9 Å². The summed E-state index contributed by atoms with van der Waals surface area (Å²) in [6.07, 6.45) is -1.02. The molecule has 1 unspecified atom stereocenters. The highest BCUT2D eigenvalue weighted by Crippen LogP contribution is 2.20. The summed E-state index contributed by atoms with van der Waals surface area (Å²) in [5, 5.41) is 12.5. The fourth-order valence-corrected chi connectivity index (χ4v) is 2.19. The van der Waals surface area contributed by atoms with Crippen molar-refractivity contribution in [2.75, 3.05) is 5.32 Å². The zero-order chi connectivity index (χ0) is 20.2. The van der Waals surface area contributed by atoms with Crippen molar-refractivity contribution in [3.63, 3.8) is 0 Å². The molecule has 6 heteroatoms. The fourth-order valence-electron chi connectivity index (χ4n) is 2.19. The molecule has 1 amide bonds. The van der Waals surface area contributed by atoms with Crippen LogP contribution in [0.2, 0.25) is 0 Å². The molecule has 0 saturated heterocycles. The number of para-hydroxylation sites is 1. The second-order valence-electron chi connectivity index (χ2n) is 7.21. The van der Waals surface area contributed by atoms with Gasteiger partial charge in [-0.05, 0) is 43.3 Å². The van der Waals surface area contributed by atoms with Gasteiger partial charge in [0, 0.05) is 16.7 Å². The number of nitrogens with one attached hydrogen (secondary N) is 1. The van der Waals surface area contributed by atoms with Gasteiger partial charge in [0.2, 0.25) is 11.7 Å². The molecule has 0 aliphatic heterocycles. The number of Topliss-reactive ketones (excluding diaryl/α,β-unsaturated/α-hetero) is 1. The van der Waals surface area contributed by atoms with Crippen molar-refractivity contribution >= 4 is 23.3 Å². The first-order valence-corrected chi connectivity index (χ1v) is 8.54. The predicted octanol–water partition coefficient (Wildman–Crippen LogP) is 3.81. The molecule has 0 spiro atoms. The molecule has 0 radical (unpaired) electrons. The molecule has 0 heterocycles. The molecule has 2 aromatic rings. The average molecular weight is 369 g/mol. The quantitative estimate of drug-likeness (QED) is 0.618. The second kappa shape index (κ2) is 8.03.